The van der Waals surface area contributed by atoms with E-state index in [0.717, 1.165) is 18.7 Å². The van der Waals surface area contributed by atoms with Gasteiger partial charge in [-0.3, -0.25) is 9.69 Å². The first-order valence-corrected chi connectivity index (χ1v) is 12.7. The number of amides is 1. The Hall–Kier alpha value is -2.88. The highest BCUT2D eigenvalue weighted by atomic mass is 35.5. The van der Waals surface area contributed by atoms with Crippen molar-refractivity contribution in [2.24, 2.45) is 11.8 Å². The number of carbonyl (C=O) groups excluding carboxylic acids is 1. The zero-order valence-corrected chi connectivity index (χ0v) is 20.8. The van der Waals surface area contributed by atoms with Crippen molar-refractivity contribution in [3.63, 3.8) is 0 Å². The van der Waals surface area contributed by atoms with Crippen LogP contribution in [0.15, 0.2) is 30.9 Å². The monoisotopic (exact) mass is 513 g/mol. The molecule has 8 nitrogen and oxygen atoms in total. The number of piperazine rings is 1. The van der Waals surface area contributed by atoms with Crippen LogP contribution in [-0.2, 0) is 11.3 Å². The Bertz CT molecular complexity index is 1210. The fourth-order valence-corrected chi connectivity index (χ4v) is 6.29. The van der Waals surface area contributed by atoms with E-state index in [4.69, 9.17) is 21.3 Å². The number of rotatable bonds is 4. The smallest absolute Gasteiger partial charge is 0.246 e. The van der Waals surface area contributed by atoms with Gasteiger partial charge in [0.1, 0.15) is 40.5 Å². The second kappa shape index (κ2) is 8.90. The number of hydrogen-bond acceptors (Lipinski definition) is 7. The minimum absolute atomic E-state index is 0.0294. The highest BCUT2D eigenvalue weighted by molar-refractivity contribution is 6.35. The van der Waals surface area contributed by atoms with Crippen LogP contribution in [0.4, 0.5) is 10.2 Å². The van der Waals surface area contributed by atoms with Crippen molar-refractivity contribution in [1.29, 1.82) is 0 Å². The van der Waals surface area contributed by atoms with Gasteiger partial charge < -0.3 is 25.0 Å². The second-order valence-corrected chi connectivity index (χ2v) is 10.6. The van der Waals surface area contributed by atoms with Crippen LogP contribution in [0.1, 0.15) is 5.56 Å². The molecule has 4 heterocycles. The predicted molar refractivity (Wildman–Crippen MR) is 135 cm³/mol. The largest absolute Gasteiger partial charge is 0.507 e. The summed E-state index contributed by atoms with van der Waals surface area (Å²) in [6.07, 6.45) is 1.34. The molecule has 0 radical (unpaired) electrons. The van der Waals surface area contributed by atoms with Gasteiger partial charge in [0.25, 0.3) is 0 Å². The van der Waals surface area contributed by atoms with Crippen molar-refractivity contribution in [2.75, 3.05) is 51.7 Å². The number of likely N-dealkylation sites (tertiary alicyclic amines) is 1. The van der Waals surface area contributed by atoms with Crippen LogP contribution in [0.3, 0.4) is 0 Å². The molecule has 1 aromatic heterocycles. The van der Waals surface area contributed by atoms with Gasteiger partial charge in [0.2, 0.25) is 5.91 Å². The van der Waals surface area contributed by atoms with E-state index in [2.05, 4.69) is 28.7 Å². The number of hydrogen-bond donors (Lipinski definition) is 2. The molecule has 190 valence electrons. The van der Waals surface area contributed by atoms with Gasteiger partial charge >= 0.3 is 0 Å². The second-order valence-electron chi connectivity index (χ2n) is 10.2. The Morgan fingerprint density at radius 1 is 1.31 bits per heavy atom. The molecule has 36 heavy (non-hydrogen) atoms. The number of anilines is 1. The van der Waals surface area contributed by atoms with Crippen LogP contribution >= 0.6 is 11.6 Å². The number of phenols is 1. The average molecular weight is 514 g/mol. The minimum Gasteiger partial charge on any atom is -0.507 e. The van der Waals surface area contributed by atoms with Gasteiger partial charge in [-0.05, 0) is 37.1 Å². The molecule has 1 aliphatic carbocycles. The van der Waals surface area contributed by atoms with Gasteiger partial charge in [0.05, 0.1) is 17.2 Å². The summed E-state index contributed by atoms with van der Waals surface area (Å²) >= 11 is 6.82. The Morgan fingerprint density at radius 2 is 2.08 bits per heavy atom. The molecule has 2 N–H and O–H groups in total. The number of pyridine rings is 1. The Kier molecular flexibility index (Phi) is 5.81. The number of fused-ring (bicyclic) bond motifs is 3. The van der Waals surface area contributed by atoms with Crippen molar-refractivity contribution in [3.8, 4) is 22.8 Å². The first kappa shape index (κ1) is 23.5. The Morgan fingerprint density at radius 3 is 2.81 bits per heavy atom. The molecule has 3 aliphatic heterocycles. The van der Waals surface area contributed by atoms with Crippen molar-refractivity contribution in [3.05, 3.63) is 47.3 Å². The molecule has 0 bridgehead atoms. The maximum absolute atomic E-state index is 14.9. The number of phenolic OH excluding ortho intramolecular Hbond substituents is 1. The van der Waals surface area contributed by atoms with Crippen LogP contribution in [0.5, 0.6) is 11.5 Å². The molecule has 1 amide bonds. The summed E-state index contributed by atoms with van der Waals surface area (Å²) in [5.74, 6) is 1.21. The quantitative estimate of drug-likeness (QED) is 0.608. The van der Waals surface area contributed by atoms with Crippen LogP contribution < -0.4 is 10.1 Å². The first-order valence-electron chi connectivity index (χ1n) is 12.3. The van der Waals surface area contributed by atoms with E-state index < -0.39 is 5.82 Å². The summed E-state index contributed by atoms with van der Waals surface area (Å²) in [6, 6.07) is 4.39. The lowest BCUT2D eigenvalue weighted by atomic mass is 10.1. The minimum atomic E-state index is -0.607. The van der Waals surface area contributed by atoms with E-state index in [1.165, 1.54) is 24.3 Å². The zero-order valence-electron chi connectivity index (χ0n) is 20.1. The standard InChI is InChI=1S/C26H29ClFN5O3/c1-3-20(35)33-8-7-32-12-17-25(36-13-14(32)9-33)22(27)24(21-18(28)5-4-6-19(21)34)30-26(17)29-23-15-10-31(2)11-16(15)23/h3-6,14-16,23,34H,1,7-13H2,2H3,(H,29,30)/t14-,15-,16+,23+/m1/s1. The molecule has 10 heteroatoms. The van der Waals surface area contributed by atoms with Gasteiger partial charge in [0.15, 0.2) is 0 Å². The Labute approximate surface area is 214 Å². The normalized spacial score (nSPS) is 27.4. The molecule has 4 aliphatic rings. The van der Waals surface area contributed by atoms with Gasteiger partial charge in [-0.1, -0.05) is 24.2 Å². The van der Waals surface area contributed by atoms with Crippen LogP contribution in [0.2, 0.25) is 5.02 Å². The molecular formula is C26H29ClFN5O3. The van der Waals surface area contributed by atoms with E-state index in [1.807, 2.05) is 0 Å². The number of ether oxygens (including phenoxy) is 1. The van der Waals surface area contributed by atoms with Gasteiger partial charge in [-0.25, -0.2) is 9.37 Å². The lowest BCUT2D eigenvalue weighted by Gasteiger charge is -2.39. The molecule has 4 atom stereocenters. The third kappa shape index (κ3) is 3.90. The predicted octanol–water partition coefficient (Wildman–Crippen LogP) is 2.81. The van der Waals surface area contributed by atoms with Crippen molar-refractivity contribution >= 4 is 23.3 Å². The maximum atomic E-state index is 14.9. The van der Waals surface area contributed by atoms with Crippen molar-refractivity contribution in [1.82, 2.24) is 19.7 Å². The maximum Gasteiger partial charge on any atom is 0.246 e. The molecule has 1 aromatic carbocycles. The number of carbonyl (C=O) groups is 1. The van der Waals surface area contributed by atoms with Crippen LogP contribution in [-0.4, -0.2) is 89.2 Å². The van der Waals surface area contributed by atoms with E-state index in [9.17, 15) is 14.3 Å². The summed E-state index contributed by atoms with van der Waals surface area (Å²) in [5.41, 5.74) is 0.932. The molecule has 0 unspecified atom stereocenters. The van der Waals surface area contributed by atoms with E-state index in [0.29, 0.717) is 56.2 Å². The molecule has 6 rings (SSSR count). The molecule has 0 spiro atoms. The summed E-state index contributed by atoms with van der Waals surface area (Å²) in [5, 5.41) is 14.3. The first-order chi connectivity index (χ1) is 17.4. The number of piperidine rings is 1. The highest BCUT2D eigenvalue weighted by Gasteiger charge is 2.55. The fourth-order valence-electron chi connectivity index (χ4n) is 5.99. The molecular weight excluding hydrogens is 485 g/mol. The van der Waals surface area contributed by atoms with E-state index in [-0.39, 0.29) is 40.0 Å². The van der Waals surface area contributed by atoms with E-state index >= 15 is 0 Å². The number of aromatic nitrogens is 1. The van der Waals surface area contributed by atoms with E-state index in [1.54, 1.807) is 4.90 Å². The number of benzene rings is 1. The third-order valence-corrected chi connectivity index (χ3v) is 8.32. The molecule has 2 saturated heterocycles. The Balaban J connectivity index is 1.39. The summed E-state index contributed by atoms with van der Waals surface area (Å²) in [4.78, 5) is 23.4. The van der Waals surface area contributed by atoms with Crippen LogP contribution in [0.25, 0.3) is 11.3 Å². The topological polar surface area (TPSA) is 81.2 Å². The SMILES string of the molecule is C=CC(=O)N1CCN2Cc3c(N[C@H]4[C@@H]5CN(C)C[C@@H]54)nc(-c4c(O)cccc4F)c(Cl)c3OC[C@H]2C1. The lowest BCUT2D eigenvalue weighted by molar-refractivity contribution is -0.129. The lowest BCUT2D eigenvalue weighted by Crippen LogP contribution is -2.55. The highest BCUT2D eigenvalue weighted by Crippen LogP contribution is 2.49. The van der Waals surface area contributed by atoms with Crippen LogP contribution in [0, 0.1) is 17.7 Å². The summed E-state index contributed by atoms with van der Waals surface area (Å²) in [6.45, 7) is 8.31. The molecule has 1 saturated carbocycles. The van der Waals surface area contributed by atoms with Gasteiger partial charge in [-0.2, -0.15) is 0 Å². The molecule has 3 fully saturated rings. The van der Waals surface area contributed by atoms with Crippen molar-refractivity contribution in [2.45, 2.75) is 18.6 Å². The average Bonchev–Trinajstić information content (AvgIpc) is 3.39. The summed E-state index contributed by atoms with van der Waals surface area (Å²) in [7, 11) is 2.12. The van der Waals surface area contributed by atoms with Gasteiger partial charge in [-0.15, -0.1) is 0 Å². The van der Waals surface area contributed by atoms with Gasteiger partial charge in [0, 0.05) is 45.3 Å². The fraction of sp³-hybridized carbons (Fsp3) is 0.462. The zero-order chi connectivity index (χ0) is 25.1. The number of aromatic hydroxyl groups is 1. The summed E-state index contributed by atoms with van der Waals surface area (Å²) < 4.78 is 21.2. The third-order valence-electron chi connectivity index (χ3n) is 7.97. The number of nitrogens with one attached hydrogen (secondary N) is 1. The van der Waals surface area contributed by atoms with Crippen molar-refractivity contribution < 1.29 is 19.0 Å². The number of nitrogens with zero attached hydrogens (tertiary/aromatic N) is 4. The number of halogens is 2. The molecule has 2 aromatic rings.